The summed E-state index contributed by atoms with van der Waals surface area (Å²) in [7, 11) is 2.19. The number of phenols is 1. The molecule has 1 fully saturated rings. The zero-order valence-corrected chi connectivity index (χ0v) is 18.7. The summed E-state index contributed by atoms with van der Waals surface area (Å²) in [5, 5.41) is 14.5. The number of aromatic nitrogens is 1. The Labute approximate surface area is 192 Å². The van der Waals surface area contributed by atoms with Crippen LogP contribution in [-0.2, 0) is 0 Å². The molecule has 2 N–H and O–H groups in total. The number of phenolic OH excluding ortho intramolecular Hbond substituents is 1. The number of aromatic hydroxyl groups is 1. The summed E-state index contributed by atoms with van der Waals surface area (Å²) in [6.07, 6.45) is 3.55. The van der Waals surface area contributed by atoms with Crippen molar-refractivity contribution in [2.24, 2.45) is 0 Å². The van der Waals surface area contributed by atoms with Crippen LogP contribution in [0.2, 0.25) is 5.02 Å². The number of hydrogen-bond donors (Lipinski definition) is 2. The van der Waals surface area contributed by atoms with E-state index in [1.165, 1.54) is 12.8 Å². The van der Waals surface area contributed by atoms with Gasteiger partial charge in [-0.1, -0.05) is 23.7 Å². The first kappa shape index (κ1) is 20.9. The normalized spacial score (nSPS) is 17.6. The van der Waals surface area contributed by atoms with E-state index in [4.69, 9.17) is 26.1 Å². The van der Waals surface area contributed by atoms with Crippen molar-refractivity contribution in [3.63, 3.8) is 0 Å². The lowest BCUT2D eigenvalue weighted by molar-refractivity contribution is 0.174. The lowest BCUT2D eigenvalue weighted by Gasteiger charge is -2.20. The van der Waals surface area contributed by atoms with Gasteiger partial charge < -0.3 is 24.8 Å². The molecule has 1 saturated heterocycles. The van der Waals surface area contributed by atoms with Crippen molar-refractivity contribution >= 4 is 17.4 Å². The van der Waals surface area contributed by atoms with Gasteiger partial charge in [0.05, 0.1) is 5.69 Å². The second-order valence-electron chi connectivity index (χ2n) is 8.32. The van der Waals surface area contributed by atoms with E-state index in [1.54, 1.807) is 18.2 Å². The lowest BCUT2D eigenvalue weighted by Crippen LogP contribution is -2.27. The predicted molar refractivity (Wildman–Crippen MR) is 127 cm³/mol. The van der Waals surface area contributed by atoms with Crippen LogP contribution in [0.1, 0.15) is 19.3 Å². The molecule has 0 saturated carbocycles. The highest BCUT2D eigenvalue weighted by molar-refractivity contribution is 6.31. The zero-order chi connectivity index (χ0) is 22.1. The van der Waals surface area contributed by atoms with E-state index < -0.39 is 0 Å². The predicted octanol–water partition coefficient (Wildman–Crippen LogP) is 5.40. The topological polar surface area (TPSA) is 66.9 Å². The third kappa shape index (κ3) is 4.20. The molecule has 1 atom stereocenters. The molecule has 0 amide bonds. The number of benzene rings is 2. The number of ether oxygens (including phenoxy) is 2. The molecule has 1 aromatic heterocycles. The number of halogens is 1. The first-order valence-electron chi connectivity index (χ1n) is 10.9. The van der Waals surface area contributed by atoms with Crippen molar-refractivity contribution in [2.45, 2.75) is 25.3 Å². The van der Waals surface area contributed by atoms with Gasteiger partial charge in [0, 0.05) is 28.7 Å². The maximum absolute atomic E-state index is 10.5. The molecule has 1 unspecified atom stereocenters. The third-order valence-electron chi connectivity index (χ3n) is 6.22. The number of pyridine rings is 1. The van der Waals surface area contributed by atoms with Gasteiger partial charge in [-0.2, -0.15) is 0 Å². The lowest BCUT2D eigenvalue weighted by atomic mass is 10.0. The van der Waals surface area contributed by atoms with Crippen molar-refractivity contribution in [2.75, 3.05) is 32.2 Å². The molecule has 0 aliphatic carbocycles. The second-order valence-corrected chi connectivity index (χ2v) is 8.76. The average molecular weight is 452 g/mol. The monoisotopic (exact) mass is 451 g/mol. The number of nitrogens with zero attached hydrogens (tertiary/aromatic N) is 2. The van der Waals surface area contributed by atoms with Crippen LogP contribution < -0.4 is 14.8 Å². The van der Waals surface area contributed by atoms with Crippen molar-refractivity contribution in [1.29, 1.82) is 0 Å². The fourth-order valence-corrected chi connectivity index (χ4v) is 4.67. The third-order valence-corrected chi connectivity index (χ3v) is 6.46. The maximum atomic E-state index is 10.5. The van der Waals surface area contributed by atoms with Gasteiger partial charge in [-0.25, -0.2) is 4.98 Å². The Morgan fingerprint density at radius 3 is 2.91 bits per heavy atom. The molecule has 3 heterocycles. The minimum atomic E-state index is 0.135. The van der Waals surface area contributed by atoms with Crippen LogP contribution in [0.3, 0.4) is 0 Å². The summed E-state index contributed by atoms with van der Waals surface area (Å²) >= 11 is 6.21. The molecule has 2 aliphatic rings. The highest BCUT2D eigenvalue weighted by Gasteiger charge is 2.22. The highest BCUT2D eigenvalue weighted by atomic mass is 35.5. The largest absolute Gasteiger partial charge is 0.507 e. The average Bonchev–Trinajstić information content (AvgIpc) is 3.44. The maximum Gasteiger partial charge on any atom is 0.231 e. The molecule has 5 rings (SSSR count). The van der Waals surface area contributed by atoms with Gasteiger partial charge >= 0.3 is 0 Å². The van der Waals surface area contributed by atoms with Gasteiger partial charge in [0.15, 0.2) is 11.5 Å². The van der Waals surface area contributed by atoms with Gasteiger partial charge in [0.1, 0.15) is 11.6 Å². The molecule has 2 aromatic carbocycles. The van der Waals surface area contributed by atoms with E-state index in [0.717, 1.165) is 48.0 Å². The Bertz CT molecular complexity index is 1140. The molecule has 7 heteroatoms. The molecular formula is C25H26ClN3O3. The van der Waals surface area contributed by atoms with E-state index >= 15 is 0 Å². The Balaban J connectivity index is 1.51. The summed E-state index contributed by atoms with van der Waals surface area (Å²) < 4.78 is 11.3. The van der Waals surface area contributed by atoms with E-state index in [1.807, 2.05) is 30.3 Å². The Hall–Kier alpha value is -2.96. The van der Waals surface area contributed by atoms with Crippen LogP contribution in [0.15, 0.2) is 48.5 Å². The van der Waals surface area contributed by atoms with Crippen molar-refractivity contribution in [3.05, 3.63) is 53.6 Å². The molecule has 32 heavy (non-hydrogen) atoms. The van der Waals surface area contributed by atoms with Gasteiger partial charge in [-0.05, 0) is 74.8 Å². The van der Waals surface area contributed by atoms with E-state index in [-0.39, 0.29) is 12.5 Å². The molecule has 6 nitrogen and oxygen atoms in total. The number of anilines is 1. The number of likely N-dealkylation sites (tertiary alicyclic amines) is 1. The van der Waals surface area contributed by atoms with Crippen LogP contribution >= 0.6 is 11.6 Å². The minimum Gasteiger partial charge on any atom is -0.507 e. The SMILES string of the molecule is CN1CCCC1CCNc1cc(-c2cccc3c2OCO3)cc(-c2cc(Cl)ccc2O)n1. The van der Waals surface area contributed by atoms with Crippen molar-refractivity contribution in [1.82, 2.24) is 9.88 Å². The summed E-state index contributed by atoms with van der Waals surface area (Å²) in [6, 6.07) is 15.4. The Kier molecular flexibility index (Phi) is 5.81. The van der Waals surface area contributed by atoms with Crippen molar-refractivity contribution < 1.29 is 14.6 Å². The standard InChI is InChI=1S/C25H26ClN3O3/c1-29-11-3-4-18(29)9-10-27-24-13-16(19-5-2-6-23-25(19)32-15-31-23)12-21(28-24)20-14-17(26)7-8-22(20)30/h2,5-8,12-14,18,30H,3-4,9-11,15H2,1H3,(H,27,28). The second kappa shape index (κ2) is 8.88. The minimum absolute atomic E-state index is 0.135. The zero-order valence-electron chi connectivity index (χ0n) is 18.0. The van der Waals surface area contributed by atoms with Crippen LogP contribution in [0.5, 0.6) is 17.2 Å². The molecule has 0 radical (unpaired) electrons. The number of nitrogens with one attached hydrogen (secondary N) is 1. The van der Waals surface area contributed by atoms with E-state index in [2.05, 4.69) is 17.3 Å². The smallest absolute Gasteiger partial charge is 0.231 e. The first-order valence-corrected chi connectivity index (χ1v) is 11.3. The van der Waals surface area contributed by atoms with Crippen LogP contribution in [0.25, 0.3) is 22.4 Å². The molecule has 0 spiro atoms. The van der Waals surface area contributed by atoms with Crippen LogP contribution in [-0.4, -0.2) is 48.0 Å². The quantitative estimate of drug-likeness (QED) is 0.523. The van der Waals surface area contributed by atoms with Crippen LogP contribution in [0.4, 0.5) is 5.82 Å². The first-order chi connectivity index (χ1) is 15.6. The fourth-order valence-electron chi connectivity index (χ4n) is 4.50. The summed E-state index contributed by atoms with van der Waals surface area (Å²) in [6.45, 7) is 2.19. The van der Waals surface area contributed by atoms with Crippen molar-refractivity contribution in [3.8, 4) is 39.6 Å². The van der Waals surface area contributed by atoms with E-state index in [9.17, 15) is 5.11 Å². The summed E-state index contributed by atoms with van der Waals surface area (Å²) in [4.78, 5) is 7.21. The van der Waals surface area contributed by atoms with E-state index in [0.29, 0.717) is 22.3 Å². The molecule has 2 aliphatic heterocycles. The van der Waals surface area contributed by atoms with Gasteiger partial charge in [-0.3, -0.25) is 0 Å². The molecule has 0 bridgehead atoms. The fraction of sp³-hybridized carbons (Fsp3) is 0.320. The number of rotatable bonds is 6. The Morgan fingerprint density at radius 1 is 1.16 bits per heavy atom. The highest BCUT2D eigenvalue weighted by Crippen LogP contribution is 2.43. The summed E-state index contributed by atoms with van der Waals surface area (Å²) in [5.41, 5.74) is 3.07. The molecule has 166 valence electrons. The molecular weight excluding hydrogens is 426 g/mol. The van der Waals surface area contributed by atoms with Gasteiger partial charge in [0.2, 0.25) is 6.79 Å². The summed E-state index contributed by atoms with van der Waals surface area (Å²) in [5.74, 6) is 2.33. The number of fused-ring (bicyclic) bond motifs is 1. The number of hydrogen-bond acceptors (Lipinski definition) is 6. The molecule has 3 aromatic rings. The Morgan fingerprint density at radius 2 is 2.06 bits per heavy atom. The van der Waals surface area contributed by atoms with Gasteiger partial charge in [-0.15, -0.1) is 0 Å². The van der Waals surface area contributed by atoms with Gasteiger partial charge in [0.25, 0.3) is 0 Å². The van der Waals surface area contributed by atoms with Crippen LogP contribution in [0, 0.1) is 0 Å². The number of para-hydroxylation sites is 1.